The third-order valence-electron chi connectivity index (χ3n) is 4.21. The van der Waals surface area contributed by atoms with E-state index < -0.39 is 5.97 Å². The second-order valence-electron chi connectivity index (χ2n) is 5.87. The van der Waals surface area contributed by atoms with Crippen LogP contribution in [0.25, 0.3) is 11.2 Å². The molecule has 0 bridgehead atoms. The lowest BCUT2D eigenvalue weighted by Gasteiger charge is -2.15. The molecule has 2 aromatic rings. The first-order valence-electron chi connectivity index (χ1n) is 7.20. The van der Waals surface area contributed by atoms with E-state index in [4.69, 9.17) is 5.11 Å². The number of rotatable bonds is 6. The molecule has 1 aliphatic rings. The lowest BCUT2D eigenvalue weighted by molar-refractivity contribution is -0.133. The fourth-order valence-corrected chi connectivity index (χ4v) is 3.33. The third-order valence-corrected chi connectivity index (χ3v) is 5.17. The molecule has 6 heteroatoms. The maximum Gasteiger partial charge on any atom is 0.313 e. The van der Waals surface area contributed by atoms with Gasteiger partial charge in [-0.3, -0.25) is 4.79 Å². The average Bonchev–Trinajstić information content (AvgIpc) is 3.14. The molecule has 0 radical (unpaired) electrons. The second kappa shape index (κ2) is 5.33. The lowest BCUT2D eigenvalue weighted by Crippen LogP contribution is -2.12. The van der Waals surface area contributed by atoms with Crippen molar-refractivity contribution in [3.8, 4) is 0 Å². The number of carboxylic acid groups (broad SMARTS) is 1. The number of carbonyl (C=O) groups is 1. The summed E-state index contributed by atoms with van der Waals surface area (Å²) >= 11 is 1.28. The number of hydrogen-bond donors (Lipinski definition) is 1. The van der Waals surface area contributed by atoms with Crippen molar-refractivity contribution in [1.29, 1.82) is 0 Å². The molecule has 0 unspecified atom stereocenters. The van der Waals surface area contributed by atoms with Gasteiger partial charge in [0.15, 0.2) is 10.8 Å². The van der Waals surface area contributed by atoms with Gasteiger partial charge in [-0.25, -0.2) is 9.97 Å². The maximum absolute atomic E-state index is 10.8. The van der Waals surface area contributed by atoms with Gasteiger partial charge < -0.3 is 9.67 Å². The van der Waals surface area contributed by atoms with Gasteiger partial charge in [0.2, 0.25) is 0 Å². The first kappa shape index (κ1) is 14.4. The molecule has 112 valence electrons. The van der Waals surface area contributed by atoms with Gasteiger partial charge in [0, 0.05) is 12.7 Å². The summed E-state index contributed by atoms with van der Waals surface area (Å²) in [5.41, 5.74) is 3.15. The van der Waals surface area contributed by atoms with Gasteiger partial charge in [0.05, 0.1) is 5.75 Å². The Hall–Kier alpha value is -1.56. The summed E-state index contributed by atoms with van der Waals surface area (Å²) in [7, 11) is 0. The number of aryl methyl sites for hydroxylation is 1. The van der Waals surface area contributed by atoms with E-state index >= 15 is 0 Å². The van der Waals surface area contributed by atoms with Crippen LogP contribution in [0.1, 0.15) is 31.7 Å². The van der Waals surface area contributed by atoms with Crippen LogP contribution in [0.4, 0.5) is 0 Å². The Bertz CT molecular complexity index is 692. The summed E-state index contributed by atoms with van der Waals surface area (Å²) in [6.45, 7) is 5.09. The number of pyridine rings is 1. The van der Waals surface area contributed by atoms with Crippen molar-refractivity contribution in [3.63, 3.8) is 0 Å². The maximum atomic E-state index is 10.8. The van der Waals surface area contributed by atoms with Crippen LogP contribution < -0.4 is 0 Å². The highest BCUT2D eigenvalue weighted by atomic mass is 32.2. The van der Waals surface area contributed by atoms with Gasteiger partial charge in [-0.05, 0) is 43.2 Å². The Balaban J connectivity index is 2.00. The van der Waals surface area contributed by atoms with E-state index in [0.29, 0.717) is 5.41 Å². The largest absolute Gasteiger partial charge is 0.481 e. The molecule has 0 aliphatic heterocycles. The third kappa shape index (κ3) is 2.90. The highest BCUT2D eigenvalue weighted by Gasteiger charge is 2.41. The van der Waals surface area contributed by atoms with E-state index in [1.54, 1.807) is 0 Å². The van der Waals surface area contributed by atoms with Crippen LogP contribution >= 0.6 is 11.8 Å². The molecule has 2 heterocycles. The number of carboxylic acids is 1. The summed E-state index contributed by atoms with van der Waals surface area (Å²) in [5.74, 6) is -0.791. The Morgan fingerprint density at radius 1 is 1.52 bits per heavy atom. The summed E-state index contributed by atoms with van der Waals surface area (Å²) in [5, 5.41) is 9.67. The van der Waals surface area contributed by atoms with Crippen LogP contribution in [0.5, 0.6) is 0 Å². The predicted molar refractivity (Wildman–Crippen MR) is 82.6 cm³/mol. The van der Waals surface area contributed by atoms with Crippen molar-refractivity contribution < 1.29 is 9.90 Å². The molecule has 1 fully saturated rings. The highest BCUT2D eigenvalue weighted by molar-refractivity contribution is 7.99. The van der Waals surface area contributed by atoms with E-state index in [0.717, 1.165) is 34.8 Å². The number of aromatic nitrogens is 3. The van der Waals surface area contributed by atoms with Gasteiger partial charge in [-0.2, -0.15) is 0 Å². The van der Waals surface area contributed by atoms with Gasteiger partial charge in [-0.1, -0.05) is 18.7 Å². The fraction of sp³-hybridized carbons (Fsp3) is 0.533. The summed E-state index contributed by atoms with van der Waals surface area (Å²) < 4.78 is 2.11. The standard InChI is InChI=1S/C15H19N3O2S/c1-3-15(4-5-15)9-18-13-11(6-10(2)7-16-13)17-14(18)21-8-12(19)20/h6-7H,3-5,8-9H2,1-2H3,(H,19,20). The Morgan fingerprint density at radius 2 is 2.29 bits per heavy atom. The van der Waals surface area contributed by atoms with Crippen LogP contribution in [0, 0.1) is 12.3 Å². The minimum Gasteiger partial charge on any atom is -0.481 e. The molecular formula is C15H19N3O2S. The molecule has 21 heavy (non-hydrogen) atoms. The predicted octanol–water partition coefficient (Wildman–Crippen LogP) is 3.11. The Labute approximate surface area is 127 Å². The van der Waals surface area contributed by atoms with Gasteiger partial charge >= 0.3 is 5.97 Å². The Kier molecular flexibility index (Phi) is 3.65. The van der Waals surface area contributed by atoms with Crippen LogP contribution in [-0.2, 0) is 11.3 Å². The zero-order valence-corrected chi connectivity index (χ0v) is 13.1. The SMILES string of the molecule is CCC1(Cn2c(SCC(=O)O)nc3cc(C)cnc32)CC1. The molecule has 1 saturated carbocycles. The van der Waals surface area contributed by atoms with E-state index in [-0.39, 0.29) is 5.75 Å². The molecule has 0 amide bonds. The van der Waals surface area contributed by atoms with Crippen LogP contribution in [0.15, 0.2) is 17.4 Å². The van der Waals surface area contributed by atoms with E-state index in [2.05, 4.69) is 21.5 Å². The molecule has 1 N–H and O–H groups in total. The number of thioether (sulfide) groups is 1. The molecule has 3 rings (SSSR count). The van der Waals surface area contributed by atoms with Crippen molar-refractivity contribution in [3.05, 3.63) is 17.8 Å². The second-order valence-corrected chi connectivity index (χ2v) is 6.81. The topological polar surface area (TPSA) is 68.0 Å². The number of fused-ring (bicyclic) bond motifs is 1. The fourth-order valence-electron chi connectivity index (χ4n) is 2.61. The van der Waals surface area contributed by atoms with Gasteiger partial charge in [-0.15, -0.1) is 0 Å². The number of aliphatic carboxylic acids is 1. The monoisotopic (exact) mass is 305 g/mol. The highest BCUT2D eigenvalue weighted by Crippen LogP contribution is 2.50. The molecule has 0 spiro atoms. The summed E-state index contributed by atoms with van der Waals surface area (Å²) in [6, 6.07) is 2.01. The normalized spacial score (nSPS) is 16.3. The zero-order valence-electron chi connectivity index (χ0n) is 12.3. The summed E-state index contributed by atoms with van der Waals surface area (Å²) in [4.78, 5) is 19.9. The molecule has 1 aliphatic carbocycles. The number of nitrogens with zero attached hydrogens (tertiary/aromatic N) is 3. The minimum atomic E-state index is -0.820. The van der Waals surface area contributed by atoms with E-state index in [9.17, 15) is 4.79 Å². The van der Waals surface area contributed by atoms with Crippen molar-refractivity contribution in [1.82, 2.24) is 14.5 Å². The van der Waals surface area contributed by atoms with E-state index in [1.807, 2.05) is 19.2 Å². The van der Waals surface area contributed by atoms with Gasteiger partial charge in [0.1, 0.15) is 5.52 Å². The number of hydrogen-bond acceptors (Lipinski definition) is 4. The molecule has 5 nitrogen and oxygen atoms in total. The first-order chi connectivity index (χ1) is 10.0. The summed E-state index contributed by atoms with van der Waals surface area (Å²) in [6.07, 6.45) is 5.45. The van der Waals surface area contributed by atoms with Crippen molar-refractivity contribution in [2.45, 2.75) is 44.8 Å². The van der Waals surface area contributed by atoms with Crippen LogP contribution in [0.3, 0.4) is 0 Å². The first-order valence-corrected chi connectivity index (χ1v) is 8.19. The average molecular weight is 305 g/mol. The van der Waals surface area contributed by atoms with Crippen molar-refractivity contribution in [2.24, 2.45) is 5.41 Å². The molecule has 0 aromatic carbocycles. The molecular weight excluding hydrogens is 286 g/mol. The van der Waals surface area contributed by atoms with Crippen LogP contribution in [-0.4, -0.2) is 31.4 Å². The zero-order chi connectivity index (χ0) is 15.0. The van der Waals surface area contributed by atoms with Gasteiger partial charge in [0.25, 0.3) is 0 Å². The quantitative estimate of drug-likeness (QED) is 0.831. The minimum absolute atomic E-state index is 0.0292. The molecule has 0 atom stereocenters. The number of imidazole rings is 1. The molecule has 0 saturated heterocycles. The Morgan fingerprint density at radius 3 is 2.90 bits per heavy atom. The van der Waals surface area contributed by atoms with Crippen molar-refractivity contribution in [2.75, 3.05) is 5.75 Å². The smallest absolute Gasteiger partial charge is 0.313 e. The van der Waals surface area contributed by atoms with Crippen LogP contribution in [0.2, 0.25) is 0 Å². The lowest BCUT2D eigenvalue weighted by atomic mass is 10.0. The van der Waals surface area contributed by atoms with Crippen molar-refractivity contribution >= 4 is 28.9 Å². The van der Waals surface area contributed by atoms with E-state index in [1.165, 1.54) is 24.6 Å². The molecule has 2 aromatic heterocycles.